The van der Waals surface area contributed by atoms with Gasteiger partial charge in [0.05, 0.1) is 0 Å². The molecule has 0 spiro atoms. The minimum Gasteiger partial charge on any atom is -0.304 e. The van der Waals surface area contributed by atoms with E-state index >= 15 is 0 Å². The maximum Gasteiger partial charge on any atom is 0.279 e. The van der Waals surface area contributed by atoms with Crippen molar-refractivity contribution in [3.63, 3.8) is 0 Å². The third-order valence-corrected chi connectivity index (χ3v) is 3.95. The summed E-state index contributed by atoms with van der Waals surface area (Å²) < 4.78 is 1.50. The molecule has 4 rings (SSSR count). The summed E-state index contributed by atoms with van der Waals surface area (Å²) in [5.74, 6) is 0.383. The molecule has 0 fully saturated rings. The first-order valence-electron chi connectivity index (χ1n) is 7.34. The molecule has 1 amide bonds. The number of amides is 1. The SMILES string of the molecule is CC1Cc2ccccc2N1C(=O)c1ccc(-n2cncn2)nn1. The Morgan fingerprint density at radius 2 is 2.04 bits per heavy atom. The van der Waals surface area contributed by atoms with E-state index in [0.717, 1.165) is 12.1 Å². The van der Waals surface area contributed by atoms with Crippen LogP contribution in [0, 0.1) is 0 Å². The molecule has 1 aromatic carbocycles. The Kier molecular flexibility index (Phi) is 3.11. The maximum absolute atomic E-state index is 12.8. The fourth-order valence-electron chi connectivity index (χ4n) is 2.89. The number of fused-ring (bicyclic) bond motifs is 1. The topological polar surface area (TPSA) is 76.8 Å². The Labute approximate surface area is 132 Å². The second kappa shape index (κ2) is 5.28. The highest BCUT2D eigenvalue weighted by atomic mass is 16.2. The van der Waals surface area contributed by atoms with Crippen LogP contribution in [0.25, 0.3) is 5.82 Å². The largest absolute Gasteiger partial charge is 0.304 e. The van der Waals surface area contributed by atoms with Crippen LogP contribution in [0.3, 0.4) is 0 Å². The van der Waals surface area contributed by atoms with Crippen molar-refractivity contribution in [2.24, 2.45) is 0 Å². The number of carbonyl (C=O) groups is 1. The second-order valence-electron chi connectivity index (χ2n) is 5.47. The van der Waals surface area contributed by atoms with Gasteiger partial charge in [0.25, 0.3) is 5.91 Å². The zero-order chi connectivity index (χ0) is 15.8. The van der Waals surface area contributed by atoms with Crippen LogP contribution in [0.5, 0.6) is 0 Å². The average Bonchev–Trinajstić information content (AvgIpc) is 3.21. The molecule has 0 saturated carbocycles. The summed E-state index contributed by atoms with van der Waals surface area (Å²) in [5.41, 5.74) is 2.45. The Morgan fingerprint density at radius 3 is 2.78 bits per heavy atom. The summed E-state index contributed by atoms with van der Waals surface area (Å²) in [5, 5.41) is 12.1. The predicted octanol–water partition coefficient (Wildman–Crippen LogP) is 1.65. The highest BCUT2D eigenvalue weighted by molar-refractivity contribution is 6.06. The van der Waals surface area contributed by atoms with E-state index in [9.17, 15) is 4.79 Å². The first kappa shape index (κ1) is 13.6. The molecule has 1 atom stereocenters. The monoisotopic (exact) mass is 306 g/mol. The van der Waals surface area contributed by atoms with Crippen molar-refractivity contribution < 1.29 is 4.79 Å². The average molecular weight is 306 g/mol. The Hall–Kier alpha value is -3.09. The van der Waals surface area contributed by atoms with Crippen molar-refractivity contribution in [3.8, 4) is 5.82 Å². The Bertz CT molecular complexity index is 843. The minimum atomic E-state index is -0.139. The van der Waals surface area contributed by atoms with Gasteiger partial charge in [-0.1, -0.05) is 18.2 Å². The van der Waals surface area contributed by atoms with Crippen LogP contribution in [-0.2, 0) is 6.42 Å². The van der Waals surface area contributed by atoms with Gasteiger partial charge < -0.3 is 4.90 Å². The Morgan fingerprint density at radius 1 is 1.17 bits per heavy atom. The molecule has 0 bridgehead atoms. The van der Waals surface area contributed by atoms with E-state index in [1.54, 1.807) is 17.0 Å². The predicted molar refractivity (Wildman–Crippen MR) is 83.4 cm³/mol. The number of anilines is 1. The zero-order valence-corrected chi connectivity index (χ0v) is 12.5. The summed E-state index contributed by atoms with van der Waals surface area (Å²) in [6.07, 6.45) is 3.81. The molecule has 2 aromatic heterocycles. The van der Waals surface area contributed by atoms with E-state index in [4.69, 9.17) is 0 Å². The van der Waals surface area contributed by atoms with Crippen LogP contribution in [-0.4, -0.2) is 36.9 Å². The lowest BCUT2D eigenvalue weighted by Gasteiger charge is -2.22. The standard InChI is InChI=1S/C16H14N6O/c1-11-8-12-4-2-3-5-14(12)22(11)16(23)13-6-7-15(20-19-13)21-10-17-9-18-21/h2-7,9-11H,8H2,1H3. The van der Waals surface area contributed by atoms with Crippen molar-refractivity contribution in [3.05, 3.63) is 60.3 Å². The summed E-state index contributed by atoms with van der Waals surface area (Å²) in [6.45, 7) is 2.04. The molecule has 0 N–H and O–H groups in total. The summed E-state index contributed by atoms with van der Waals surface area (Å²) >= 11 is 0. The van der Waals surface area contributed by atoms with Gasteiger partial charge in [0.15, 0.2) is 11.5 Å². The fraction of sp³-hybridized carbons (Fsp3) is 0.188. The first-order valence-corrected chi connectivity index (χ1v) is 7.34. The normalized spacial score (nSPS) is 16.4. The van der Waals surface area contributed by atoms with E-state index in [1.165, 1.54) is 22.9 Å². The van der Waals surface area contributed by atoms with Crippen molar-refractivity contribution in [1.29, 1.82) is 0 Å². The third-order valence-electron chi connectivity index (χ3n) is 3.95. The van der Waals surface area contributed by atoms with Gasteiger partial charge in [0.1, 0.15) is 12.7 Å². The van der Waals surface area contributed by atoms with Crippen molar-refractivity contribution >= 4 is 11.6 Å². The lowest BCUT2D eigenvalue weighted by molar-refractivity contribution is 0.0975. The summed E-state index contributed by atoms with van der Waals surface area (Å²) in [6, 6.07) is 11.4. The van der Waals surface area contributed by atoms with Crippen LogP contribution in [0.4, 0.5) is 5.69 Å². The number of para-hydroxylation sites is 1. The molecule has 0 saturated heterocycles. The smallest absolute Gasteiger partial charge is 0.279 e. The van der Waals surface area contributed by atoms with Crippen molar-refractivity contribution in [2.75, 3.05) is 4.90 Å². The van der Waals surface area contributed by atoms with Gasteiger partial charge >= 0.3 is 0 Å². The zero-order valence-electron chi connectivity index (χ0n) is 12.5. The highest BCUT2D eigenvalue weighted by Gasteiger charge is 2.31. The van der Waals surface area contributed by atoms with Gasteiger partial charge in [0.2, 0.25) is 0 Å². The third kappa shape index (κ3) is 2.26. The second-order valence-corrected chi connectivity index (χ2v) is 5.47. The fourth-order valence-corrected chi connectivity index (χ4v) is 2.89. The molecule has 1 aliphatic heterocycles. The molecular formula is C16H14N6O. The van der Waals surface area contributed by atoms with Gasteiger partial charge in [-0.15, -0.1) is 10.2 Å². The van der Waals surface area contributed by atoms with Gasteiger partial charge in [-0.25, -0.2) is 9.67 Å². The quantitative estimate of drug-likeness (QED) is 0.719. The number of carbonyl (C=O) groups excluding carboxylic acids is 1. The van der Waals surface area contributed by atoms with Crippen LogP contribution >= 0.6 is 0 Å². The summed E-state index contributed by atoms with van der Waals surface area (Å²) in [4.78, 5) is 18.5. The lowest BCUT2D eigenvalue weighted by atomic mass is 10.1. The number of rotatable bonds is 2. The highest BCUT2D eigenvalue weighted by Crippen LogP contribution is 2.32. The minimum absolute atomic E-state index is 0.108. The molecule has 114 valence electrons. The Balaban J connectivity index is 1.65. The van der Waals surface area contributed by atoms with E-state index in [-0.39, 0.29) is 11.9 Å². The summed E-state index contributed by atoms with van der Waals surface area (Å²) in [7, 11) is 0. The van der Waals surface area contributed by atoms with Gasteiger partial charge in [-0.05, 0) is 37.1 Å². The van der Waals surface area contributed by atoms with E-state index in [1.807, 2.05) is 25.1 Å². The lowest BCUT2D eigenvalue weighted by Crippen LogP contribution is -2.36. The van der Waals surface area contributed by atoms with E-state index in [2.05, 4.69) is 26.3 Å². The van der Waals surface area contributed by atoms with Crippen LogP contribution < -0.4 is 4.90 Å². The first-order chi connectivity index (χ1) is 11.2. The molecular weight excluding hydrogens is 292 g/mol. The van der Waals surface area contributed by atoms with Gasteiger partial charge in [-0.3, -0.25) is 4.79 Å². The molecule has 1 unspecified atom stereocenters. The molecule has 7 heteroatoms. The van der Waals surface area contributed by atoms with Crippen LogP contribution in [0.1, 0.15) is 23.0 Å². The van der Waals surface area contributed by atoms with Crippen LogP contribution in [0.15, 0.2) is 49.1 Å². The number of hydrogen-bond acceptors (Lipinski definition) is 5. The number of nitrogens with zero attached hydrogens (tertiary/aromatic N) is 6. The molecule has 23 heavy (non-hydrogen) atoms. The van der Waals surface area contributed by atoms with E-state index in [0.29, 0.717) is 11.5 Å². The molecule has 7 nitrogen and oxygen atoms in total. The molecule has 0 aliphatic carbocycles. The van der Waals surface area contributed by atoms with Crippen molar-refractivity contribution in [2.45, 2.75) is 19.4 Å². The van der Waals surface area contributed by atoms with Crippen molar-refractivity contribution in [1.82, 2.24) is 25.0 Å². The molecule has 0 radical (unpaired) electrons. The van der Waals surface area contributed by atoms with Gasteiger partial charge in [0, 0.05) is 11.7 Å². The number of hydrogen-bond donors (Lipinski definition) is 0. The number of benzene rings is 1. The molecule has 1 aliphatic rings. The van der Waals surface area contributed by atoms with Crippen LogP contribution in [0.2, 0.25) is 0 Å². The van der Waals surface area contributed by atoms with Gasteiger partial charge in [-0.2, -0.15) is 5.10 Å². The maximum atomic E-state index is 12.8. The number of aromatic nitrogens is 5. The molecule has 3 aromatic rings. The molecule has 3 heterocycles. The van der Waals surface area contributed by atoms with E-state index < -0.39 is 0 Å².